The number of rotatable bonds is 3. The maximum atomic E-state index is 12.5. The van der Waals surface area contributed by atoms with Crippen molar-refractivity contribution in [2.75, 3.05) is 29.1 Å². The minimum atomic E-state index is -4.59. The molecular weight excluding hydrogens is 319 g/mol. The van der Waals surface area contributed by atoms with Gasteiger partial charge in [-0.05, 0) is 0 Å². The second-order valence-electron chi connectivity index (χ2n) is 3.85. The molecule has 1 N–H and O–H groups in total. The second-order valence-corrected chi connectivity index (χ2v) is 6.79. The molecule has 3 nitrogen and oxygen atoms in total. The largest absolute Gasteiger partial charge is 0.451 e. The van der Waals surface area contributed by atoms with E-state index in [9.17, 15) is 13.2 Å². The van der Waals surface area contributed by atoms with Crippen molar-refractivity contribution in [2.24, 2.45) is 0 Å². The van der Waals surface area contributed by atoms with Crippen molar-refractivity contribution in [1.82, 2.24) is 9.97 Å². The molecule has 0 aromatic carbocycles. The smallest absolute Gasteiger partial charge is 0.369 e. The van der Waals surface area contributed by atoms with Gasteiger partial charge in [0.2, 0.25) is 5.82 Å². The van der Waals surface area contributed by atoms with Gasteiger partial charge in [-0.3, -0.25) is 0 Å². The van der Waals surface area contributed by atoms with Crippen LogP contribution in [0.2, 0.25) is 5.15 Å². The van der Waals surface area contributed by atoms with Gasteiger partial charge < -0.3 is 5.32 Å². The number of hydrogen-bond donors (Lipinski definition) is 1. The van der Waals surface area contributed by atoms with Crippen LogP contribution in [-0.4, -0.2) is 39.0 Å². The van der Waals surface area contributed by atoms with E-state index in [1.54, 1.807) is 0 Å². The number of aromatic nitrogens is 2. The van der Waals surface area contributed by atoms with Gasteiger partial charge in [0.05, 0.1) is 0 Å². The Morgan fingerprint density at radius 2 is 2.16 bits per heavy atom. The molecule has 2 rings (SSSR count). The van der Waals surface area contributed by atoms with Crippen molar-refractivity contribution in [3.63, 3.8) is 0 Å². The zero-order chi connectivity index (χ0) is 13.9. The molecule has 1 aliphatic rings. The van der Waals surface area contributed by atoms with Gasteiger partial charge in [0.15, 0.2) is 0 Å². The fourth-order valence-corrected chi connectivity index (χ4v) is 4.30. The minimum Gasteiger partial charge on any atom is -0.369 e. The predicted molar refractivity (Wildman–Crippen MR) is 74.1 cm³/mol. The van der Waals surface area contributed by atoms with E-state index in [1.807, 2.05) is 23.5 Å². The van der Waals surface area contributed by atoms with Gasteiger partial charge in [0.1, 0.15) is 11.0 Å². The highest BCUT2D eigenvalue weighted by molar-refractivity contribution is 8.06. The molecule has 1 atom stereocenters. The Balaban J connectivity index is 2.01. The first-order valence-corrected chi connectivity index (χ1v) is 8.08. The summed E-state index contributed by atoms with van der Waals surface area (Å²) in [5.41, 5.74) is 0. The van der Waals surface area contributed by atoms with Gasteiger partial charge in [0, 0.05) is 35.1 Å². The highest BCUT2D eigenvalue weighted by atomic mass is 35.5. The summed E-state index contributed by atoms with van der Waals surface area (Å²) in [7, 11) is 0. The normalized spacial score (nSPS) is 20.3. The Bertz CT molecular complexity index is 439. The lowest BCUT2D eigenvalue weighted by Gasteiger charge is -2.21. The van der Waals surface area contributed by atoms with Crippen molar-refractivity contribution in [1.29, 1.82) is 0 Å². The number of nitrogens with one attached hydrogen (secondary N) is 1. The van der Waals surface area contributed by atoms with Crippen LogP contribution in [0, 0.1) is 0 Å². The predicted octanol–water partition coefficient (Wildman–Crippen LogP) is 3.41. The molecule has 106 valence electrons. The van der Waals surface area contributed by atoms with Crippen LogP contribution >= 0.6 is 35.1 Å². The highest BCUT2D eigenvalue weighted by Gasteiger charge is 2.35. The van der Waals surface area contributed by atoms with Crippen molar-refractivity contribution in [3.8, 4) is 0 Å². The standard InChI is InChI=1S/C10H11ClF3N3S2/c11-7-3-8(17-9(16-7)10(12,13)14)15-4-6-5-18-1-2-19-6/h3,6H,1-2,4-5H2,(H,15,16,17). The third kappa shape index (κ3) is 4.61. The Morgan fingerprint density at radius 1 is 1.37 bits per heavy atom. The molecule has 0 amide bonds. The van der Waals surface area contributed by atoms with Gasteiger partial charge in [0.25, 0.3) is 0 Å². The van der Waals surface area contributed by atoms with E-state index in [4.69, 9.17) is 11.6 Å². The first-order valence-electron chi connectivity index (χ1n) is 5.50. The zero-order valence-corrected chi connectivity index (χ0v) is 12.1. The third-order valence-electron chi connectivity index (χ3n) is 2.34. The number of nitrogens with zero attached hydrogens (tertiary/aromatic N) is 2. The van der Waals surface area contributed by atoms with Gasteiger partial charge in [-0.25, -0.2) is 9.97 Å². The molecule has 1 aromatic heterocycles. The summed E-state index contributed by atoms with van der Waals surface area (Å²) in [5, 5.41) is 3.06. The fourth-order valence-electron chi connectivity index (χ4n) is 1.51. The average molecular weight is 330 g/mol. The zero-order valence-electron chi connectivity index (χ0n) is 9.71. The summed E-state index contributed by atoms with van der Waals surface area (Å²) >= 11 is 9.24. The topological polar surface area (TPSA) is 37.8 Å². The van der Waals surface area contributed by atoms with E-state index < -0.39 is 12.0 Å². The molecule has 9 heteroatoms. The Hall–Kier alpha value is -0.340. The van der Waals surface area contributed by atoms with Crippen molar-refractivity contribution < 1.29 is 13.2 Å². The van der Waals surface area contributed by atoms with Crippen LogP contribution < -0.4 is 5.32 Å². The molecule has 1 aromatic rings. The van der Waals surface area contributed by atoms with E-state index in [0.29, 0.717) is 11.8 Å². The summed E-state index contributed by atoms with van der Waals surface area (Å²) in [6, 6.07) is 1.30. The number of thioether (sulfide) groups is 2. The molecule has 0 saturated carbocycles. The molecule has 0 spiro atoms. The monoisotopic (exact) mass is 329 g/mol. The average Bonchev–Trinajstić information content (AvgIpc) is 2.36. The minimum absolute atomic E-state index is 0.114. The molecule has 0 aliphatic carbocycles. The maximum absolute atomic E-state index is 12.5. The lowest BCUT2D eigenvalue weighted by molar-refractivity contribution is -0.144. The van der Waals surface area contributed by atoms with Crippen molar-refractivity contribution in [2.45, 2.75) is 11.4 Å². The second kappa shape index (κ2) is 6.41. The quantitative estimate of drug-likeness (QED) is 0.860. The summed E-state index contributed by atoms with van der Waals surface area (Å²) < 4.78 is 37.6. The molecule has 2 heterocycles. The fraction of sp³-hybridized carbons (Fsp3) is 0.600. The molecule has 1 saturated heterocycles. The molecule has 19 heavy (non-hydrogen) atoms. The van der Waals surface area contributed by atoms with E-state index >= 15 is 0 Å². The van der Waals surface area contributed by atoms with Crippen LogP contribution in [-0.2, 0) is 6.18 Å². The van der Waals surface area contributed by atoms with Gasteiger partial charge in [-0.1, -0.05) is 11.6 Å². The van der Waals surface area contributed by atoms with E-state index in [-0.39, 0.29) is 11.0 Å². The van der Waals surface area contributed by atoms with Crippen LogP contribution in [0.15, 0.2) is 6.07 Å². The molecule has 0 radical (unpaired) electrons. The van der Waals surface area contributed by atoms with Gasteiger partial charge >= 0.3 is 6.18 Å². The third-order valence-corrected chi connectivity index (χ3v) is 5.38. The summed E-state index contributed by atoms with van der Waals surface area (Å²) in [6.45, 7) is 0.572. The molecule has 1 unspecified atom stereocenters. The molecule has 1 fully saturated rings. The number of hydrogen-bond acceptors (Lipinski definition) is 5. The summed E-state index contributed by atoms with van der Waals surface area (Å²) in [4.78, 5) is 6.62. The first kappa shape index (κ1) is 15.1. The lowest BCUT2D eigenvalue weighted by atomic mass is 10.4. The Kier molecular flexibility index (Phi) is 5.08. The van der Waals surface area contributed by atoms with Crippen molar-refractivity contribution >= 4 is 40.9 Å². The van der Waals surface area contributed by atoms with Crippen LogP contribution in [0.3, 0.4) is 0 Å². The number of alkyl halides is 3. The number of anilines is 1. The van der Waals surface area contributed by atoms with Crippen LogP contribution in [0.1, 0.15) is 5.82 Å². The molecule has 1 aliphatic heterocycles. The first-order chi connectivity index (χ1) is 8.95. The summed E-state index contributed by atoms with van der Waals surface area (Å²) in [6.07, 6.45) is -4.59. The van der Waals surface area contributed by atoms with E-state index in [1.165, 1.54) is 6.07 Å². The Labute approximate surface area is 122 Å². The van der Waals surface area contributed by atoms with Crippen molar-refractivity contribution in [3.05, 3.63) is 17.0 Å². The van der Waals surface area contributed by atoms with Crippen LogP contribution in [0.5, 0.6) is 0 Å². The summed E-state index contributed by atoms with van der Waals surface area (Å²) in [5.74, 6) is 2.08. The lowest BCUT2D eigenvalue weighted by Crippen LogP contribution is -2.24. The van der Waals surface area contributed by atoms with Gasteiger partial charge in [-0.15, -0.1) is 0 Å². The van der Waals surface area contributed by atoms with E-state index in [2.05, 4.69) is 15.3 Å². The Morgan fingerprint density at radius 3 is 2.79 bits per heavy atom. The van der Waals surface area contributed by atoms with E-state index in [0.717, 1.165) is 17.3 Å². The molecular formula is C10H11ClF3N3S2. The molecule has 0 bridgehead atoms. The maximum Gasteiger partial charge on any atom is 0.451 e. The SMILES string of the molecule is FC(F)(F)c1nc(Cl)cc(NCC2CSCCS2)n1. The van der Waals surface area contributed by atoms with Gasteiger partial charge in [-0.2, -0.15) is 36.7 Å². The number of halogens is 4. The van der Waals surface area contributed by atoms with Crippen LogP contribution in [0.4, 0.5) is 19.0 Å². The van der Waals surface area contributed by atoms with Crippen LogP contribution in [0.25, 0.3) is 0 Å². The highest BCUT2D eigenvalue weighted by Crippen LogP contribution is 2.29.